The van der Waals surface area contributed by atoms with Crippen molar-refractivity contribution in [1.82, 2.24) is 5.32 Å². The van der Waals surface area contributed by atoms with Gasteiger partial charge in [0.25, 0.3) is 0 Å². The van der Waals surface area contributed by atoms with Crippen LogP contribution in [0.3, 0.4) is 0 Å². The number of halogens is 2. The average molecular weight is 330 g/mol. The molecule has 0 aliphatic heterocycles. The highest BCUT2D eigenvalue weighted by Gasteiger charge is 2.17. The standard InChI is InChI=1S/C15H20F2N2O4/c1-15(2,3)23-14(21)19-6-5-18-12-7-9(13(20)22-4)10(16)8-11(12)17/h7-8,18H,5-6H2,1-4H3,(H,19,21). The predicted molar refractivity (Wildman–Crippen MR) is 80.4 cm³/mol. The van der Waals surface area contributed by atoms with Crippen LogP contribution in [0.4, 0.5) is 19.3 Å². The van der Waals surface area contributed by atoms with Gasteiger partial charge in [-0.3, -0.25) is 0 Å². The highest BCUT2D eigenvalue weighted by atomic mass is 19.1. The Hall–Kier alpha value is -2.38. The third-order valence-electron chi connectivity index (χ3n) is 2.57. The molecule has 0 fully saturated rings. The van der Waals surface area contributed by atoms with Gasteiger partial charge in [0.2, 0.25) is 0 Å². The SMILES string of the molecule is COC(=O)c1cc(NCCNC(=O)OC(C)(C)C)c(F)cc1F. The molecule has 1 aromatic carbocycles. The lowest BCUT2D eigenvalue weighted by atomic mass is 10.1. The van der Waals surface area contributed by atoms with Gasteiger partial charge in [0.1, 0.15) is 17.2 Å². The fraction of sp³-hybridized carbons (Fsp3) is 0.467. The summed E-state index contributed by atoms with van der Waals surface area (Å²) in [5.41, 5.74) is -1.06. The first kappa shape index (κ1) is 18.7. The summed E-state index contributed by atoms with van der Waals surface area (Å²) in [4.78, 5) is 22.8. The Labute approximate surface area is 133 Å². The van der Waals surface area contributed by atoms with Crippen LogP contribution in [-0.4, -0.2) is 37.9 Å². The quantitative estimate of drug-likeness (QED) is 0.641. The van der Waals surface area contributed by atoms with Crippen molar-refractivity contribution < 1.29 is 27.8 Å². The second kappa shape index (κ2) is 7.75. The number of nitrogens with one attached hydrogen (secondary N) is 2. The van der Waals surface area contributed by atoms with Crippen molar-refractivity contribution in [2.75, 3.05) is 25.5 Å². The van der Waals surface area contributed by atoms with Gasteiger partial charge >= 0.3 is 12.1 Å². The Bertz CT molecular complexity index is 586. The zero-order valence-corrected chi connectivity index (χ0v) is 13.5. The third-order valence-corrected chi connectivity index (χ3v) is 2.57. The Morgan fingerprint density at radius 2 is 1.78 bits per heavy atom. The van der Waals surface area contributed by atoms with Crippen LogP contribution in [-0.2, 0) is 9.47 Å². The van der Waals surface area contributed by atoms with Crippen molar-refractivity contribution in [3.05, 3.63) is 29.3 Å². The lowest BCUT2D eigenvalue weighted by Gasteiger charge is -2.19. The first-order valence-electron chi connectivity index (χ1n) is 6.92. The first-order valence-corrected chi connectivity index (χ1v) is 6.92. The molecular weight excluding hydrogens is 310 g/mol. The minimum Gasteiger partial charge on any atom is -0.465 e. The van der Waals surface area contributed by atoms with Crippen molar-refractivity contribution >= 4 is 17.7 Å². The number of carbonyl (C=O) groups is 2. The zero-order valence-electron chi connectivity index (χ0n) is 13.5. The monoisotopic (exact) mass is 330 g/mol. The average Bonchev–Trinajstić information content (AvgIpc) is 2.42. The van der Waals surface area contributed by atoms with Crippen LogP contribution >= 0.6 is 0 Å². The van der Waals surface area contributed by atoms with Gasteiger partial charge in [-0.25, -0.2) is 18.4 Å². The lowest BCUT2D eigenvalue weighted by Crippen LogP contribution is -2.35. The molecule has 1 aromatic rings. The van der Waals surface area contributed by atoms with Gasteiger partial charge in [0.05, 0.1) is 18.4 Å². The van der Waals surface area contributed by atoms with Gasteiger partial charge in [-0.05, 0) is 26.8 Å². The van der Waals surface area contributed by atoms with Crippen molar-refractivity contribution in [3.8, 4) is 0 Å². The maximum atomic E-state index is 13.6. The van der Waals surface area contributed by atoms with E-state index in [1.54, 1.807) is 20.8 Å². The number of hydrogen-bond acceptors (Lipinski definition) is 5. The van der Waals surface area contributed by atoms with E-state index in [4.69, 9.17) is 4.74 Å². The predicted octanol–water partition coefficient (Wildman–Crippen LogP) is 2.69. The molecule has 0 atom stereocenters. The van der Waals surface area contributed by atoms with Crippen LogP contribution in [0.2, 0.25) is 0 Å². The van der Waals surface area contributed by atoms with E-state index in [0.29, 0.717) is 6.07 Å². The number of ether oxygens (including phenoxy) is 2. The van der Waals surface area contributed by atoms with Crippen molar-refractivity contribution in [2.45, 2.75) is 26.4 Å². The summed E-state index contributed by atoms with van der Waals surface area (Å²) in [6, 6.07) is 1.61. The maximum Gasteiger partial charge on any atom is 0.407 e. The summed E-state index contributed by atoms with van der Waals surface area (Å²) in [6.45, 7) is 5.49. The Balaban J connectivity index is 2.58. The van der Waals surface area contributed by atoms with Crippen LogP contribution < -0.4 is 10.6 Å². The van der Waals surface area contributed by atoms with Crippen molar-refractivity contribution in [2.24, 2.45) is 0 Å². The molecule has 0 aromatic heterocycles. The number of amides is 1. The van der Waals surface area contributed by atoms with E-state index < -0.39 is 29.3 Å². The van der Waals surface area contributed by atoms with Crippen LogP contribution in [0.15, 0.2) is 12.1 Å². The van der Waals surface area contributed by atoms with Gasteiger partial charge in [-0.15, -0.1) is 0 Å². The Morgan fingerprint density at radius 1 is 1.13 bits per heavy atom. The number of alkyl carbamates (subject to hydrolysis) is 1. The second-order valence-electron chi connectivity index (χ2n) is 5.66. The number of benzene rings is 1. The fourth-order valence-corrected chi connectivity index (χ4v) is 1.63. The molecule has 0 spiro atoms. The molecule has 0 saturated carbocycles. The van der Waals surface area contributed by atoms with Crippen LogP contribution in [0, 0.1) is 11.6 Å². The van der Waals surface area contributed by atoms with Gasteiger partial charge in [-0.1, -0.05) is 0 Å². The number of methoxy groups -OCH3 is 1. The lowest BCUT2D eigenvalue weighted by molar-refractivity contribution is 0.0528. The minimum atomic E-state index is -1.01. The minimum absolute atomic E-state index is 0.0715. The molecule has 0 saturated heterocycles. The summed E-state index contributed by atoms with van der Waals surface area (Å²) in [7, 11) is 1.10. The van der Waals surface area contributed by atoms with E-state index in [2.05, 4.69) is 15.4 Å². The van der Waals surface area contributed by atoms with Gasteiger partial charge < -0.3 is 20.1 Å². The van der Waals surface area contributed by atoms with E-state index in [0.717, 1.165) is 13.2 Å². The summed E-state index contributed by atoms with van der Waals surface area (Å²) in [5, 5.41) is 5.14. The molecule has 8 heteroatoms. The highest BCUT2D eigenvalue weighted by molar-refractivity contribution is 5.90. The highest BCUT2D eigenvalue weighted by Crippen LogP contribution is 2.20. The molecule has 23 heavy (non-hydrogen) atoms. The smallest absolute Gasteiger partial charge is 0.407 e. The van der Waals surface area contributed by atoms with Crippen LogP contribution in [0.25, 0.3) is 0 Å². The molecule has 0 unspecified atom stereocenters. The number of rotatable bonds is 5. The van der Waals surface area contributed by atoms with E-state index in [-0.39, 0.29) is 24.3 Å². The zero-order chi connectivity index (χ0) is 17.6. The van der Waals surface area contributed by atoms with Gasteiger partial charge in [0, 0.05) is 19.2 Å². The number of carbonyl (C=O) groups excluding carboxylic acids is 2. The van der Waals surface area contributed by atoms with E-state index in [1.165, 1.54) is 0 Å². The topological polar surface area (TPSA) is 76.7 Å². The molecule has 0 radical (unpaired) electrons. The normalized spacial score (nSPS) is 10.9. The van der Waals surface area contributed by atoms with Crippen molar-refractivity contribution in [3.63, 3.8) is 0 Å². The number of anilines is 1. The molecule has 0 bridgehead atoms. The summed E-state index contributed by atoms with van der Waals surface area (Å²) in [6.07, 6.45) is -0.603. The summed E-state index contributed by atoms with van der Waals surface area (Å²) < 4.78 is 36.6. The summed E-state index contributed by atoms with van der Waals surface area (Å²) >= 11 is 0. The van der Waals surface area contributed by atoms with E-state index >= 15 is 0 Å². The number of hydrogen-bond donors (Lipinski definition) is 2. The largest absolute Gasteiger partial charge is 0.465 e. The molecule has 0 aliphatic rings. The van der Waals surface area contributed by atoms with E-state index in [9.17, 15) is 18.4 Å². The Morgan fingerprint density at radius 3 is 2.35 bits per heavy atom. The second-order valence-corrected chi connectivity index (χ2v) is 5.66. The fourth-order valence-electron chi connectivity index (χ4n) is 1.63. The van der Waals surface area contributed by atoms with Crippen LogP contribution in [0.5, 0.6) is 0 Å². The third kappa shape index (κ3) is 6.09. The van der Waals surface area contributed by atoms with Gasteiger partial charge in [-0.2, -0.15) is 0 Å². The van der Waals surface area contributed by atoms with Crippen molar-refractivity contribution in [1.29, 1.82) is 0 Å². The molecule has 1 amide bonds. The first-order chi connectivity index (χ1) is 10.6. The van der Waals surface area contributed by atoms with E-state index in [1.807, 2.05) is 0 Å². The molecule has 2 N–H and O–H groups in total. The van der Waals surface area contributed by atoms with Gasteiger partial charge in [0.15, 0.2) is 0 Å². The maximum absolute atomic E-state index is 13.6. The summed E-state index contributed by atoms with van der Waals surface area (Å²) in [5.74, 6) is -2.77. The molecule has 1 rings (SSSR count). The number of esters is 1. The molecular formula is C15H20F2N2O4. The molecule has 0 heterocycles. The molecule has 0 aliphatic carbocycles. The molecule has 128 valence electrons. The molecule has 6 nitrogen and oxygen atoms in total. The Kier molecular flexibility index (Phi) is 6.29. The van der Waals surface area contributed by atoms with Crippen LogP contribution in [0.1, 0.15) is 31.1 Å².